The van der Waals surface area contributed by atoms with Crippen molar-refractivity contribution >= 4 is 5.91 Å². The highest BCUT2D eigenvalue weighted by atomic mass is 16.4. The van der Waals surface area contributed by atoms with Crippen LogP contribution in [-0.4, -0.2) is 28.5 Å². The Morgan fingerprint density at radius 2 is 2.16 bits per heavy atom. The quantitative estimate of drug-likeness (QED) is 0.844. The highest BCUT2D eigenvalue weighted by Crippen LogP contribution is 2.28. The van der Waals surface area contributed by atoms with Crippen molar-refractivity contribution in [3.05, 3.63) is 59.5 Å². The first kappa shape index (κ1) is 17.7. The first-order valence-electron chi connectivity index (χ1n) is 8.98. The van der Waals surface area contributed by atoms with E-state index >= 15 is 0 Å². The molecule has 25 heavy (non-hydrogen) atoms. The van der Waals surface area contributed by atoms with Crippen LogP contribution in [0.1, 0.15) is 59.9 Å². The minimum Gasteiger partial charge on any atom is -0.467 e. The smallest absolute Gasteiger partial charge is 0.248 e. The van der Waals surface area contributed by atoms with Gasteiger partial charge < -0.3 is 15.3 Å². The molecule has 0 unspecified atom stereocenters. The Bertz CT molecular complexity index is 684. The molecule has 1 aliphatic heterocycles. The minimum atomic E-state index is -0.586. The Morgan fingerprint density at radius 1 is 1.28 bits per heavy atom. The lowest BCUT2D eigenvalue weighted by Crippen LogP contribution is -2.35. The van der Waals surface area contributed by atoms with Gasteiger partial charge in [0.25, 0.3) is 0 Å². The number of nitrogens with two attached hydrogens (primary N) is 1. The van der Waals surface area contributed by atoms with Crippen molar-refractivity contribution in [1.29, 1.82) is 0 Å². The van der Waals surface area contributed by atoms with Crippen LogP contribution in [0, 0.1) is 0 Å². The second kappa shape index (κ2) is 8.32. The lowest BCUT2D eigenvalue weighted by molar-refractivity contribution is 0.0830. The standard InChI is InChI=1S/C20H26N2O3/c21-20(24)16-7-4-6-15(12-16)14-22-10-3-1-2-8-17(22)13-18(23)19-9-5-11-25-19/h4-7,9,11-12,17-18,23H,1-3,8,10,13-14H2,(H2,21,24)/t17-,18-/m0/s1. The predicted molar refractivity (Wildman–Crippen MR) is 95.9 cm³/mol. The van der Waals surface area contributed by atoms with Crippen LogP contribution in [0.5, 0.6) is 0 Å². The topological polar surface area (TPSA) is 79.7 Å². The Balaban J connectivity index is 1.72. The van der Waals surface area contributed by atoms with Gasteiger partial charge in [0.2, 0.25) is 5.91 Å². The van der Waals surface area contributed by atoms with Gasteiger partial charge >= 0.3 is 0 Å². The molecule has 1 fully saturated rings. The minimum absolute atomic E-state index is 0.292. The molecule has 3 rings (SSSR count). The van der Waals surface area contributed by atoms with Crippen molar-refractivity contribution in [1.82, 2.24) is 4.90 Å². The molecule has 0 spiro atoms. The van der Waals surface area contributed by atoms with Gasteiger partial charge in [0.15, 0.2) is 0 Å². The second-order valence-corrected chi connectivity index (χ2v) is 6.81. The van der Waals surface area contributed by atoms with E-state index in [2.05, 4.69) is 4.90 Å². The number of rotatable bonds is 6. The van der Waals surface area contributed by atoms with Crippen LogP contribution in [0.25, 0.3) is 0 Å². The van der Waals surface area contributed by atoms with E-state index < -0.39 is 12.0 Å². The van der Waals surface area contributed by atoms with E-state index in [4.69, 9.17) is 10.2 Å². The van der Waals surface area contributed by atoms with Gasteiger partial charge in [-0.25, -0.2) is 0 Å². The highest BCUT2D eigenvalue weighted by molar-refractivity contribution is 5.92. The SMILES string of the molecule is NC(=O)c1cccc(CN2CCCCC[C@H]2C[C@H](O)c2ccco2)c1. The van der Waals surface area contributed by atoms with Crippen LogP contribution in [0.2, 0.25) is 0 Å². The van der Waals surface area contributed by atoms with Crippen LogP contribution in [0.15, 0.2) is 47.1 Å². The van der Waals surface area contributed by atoms with Gasteiger partial charge in [-0.3, -0.25) is 9.69 Å². The second-order valence-electron chi connectivity index (χ2n) is 6.81. The Labute approximate surface area is 148 Å². The molecule has 1 aromatic heterocycles. The number of carbonyl (C=O) groups excluding carboxylic acids is 1. The number of aliphatic hydroxyl groups is 1. The van der Waals surface area contributed by atoms with Gasteiger partial charge in [-0.2, -0.15) is 0 Å². The number of amides is 1. The van der Waals surface area contributed by atoms with Gasteiger partial charge in [-0.05, 0) is 55.6 Å². The molecule has 5 nitrogen and oxygen atoms in total. The number of likely N-dealkylation sites (tertiary alicyclic amines) is 1. The summed E-state index contributed by atoms with van der Waals surface area (Å²) in [4.78, 5) is 13.8. The van der Waals surface area contributed by atoms with E-state index in [-0.39, 0.29) is 0 Å². The average molecular weight is 342 g/mol. The molecule has 5 heteroatoms. The predicted octanol–water partition coefficient (Wildman–Crippen LogP) is 3.25. The number of primary amides is 1. The molecule has 2 atom stereocenters. The molecule has 1 amide bonds. The summed E-state index contributed by atoms with van der Waals surface area (Å²) in [7, 11) is 0. The van der Waals surface area contributed by atoms with Crippen LogP contribution < -0.4 is 5.73 Å². The molecule has 1 aliphatic rings. The Morgan fingerprint density at radius 3 is 2.92 bits per heavy atom. The molecule has 3 N–H and O–H groups in total. The summed E-state index contributed by atoms with van der Waals surface area (Å²) >= 11 is 0. The maximum atomic E-state index is 11.4. The van der Waals surface area contributed by atoms with Crippen molar-refractivity contribution in [3.63, 3.8) is 0 Å². The number of nitrogens with zero attached hydrogens (tertiary/aromatic N) is 1. The summed E-state index contributed by atoms with van der Waals surface area (Å²) in [5.74, 6) is 0.224. The molecular weight excluding hydrogens is 316 g/mol. The zero-order valence-corrected chi connectivity index (χ0v) is 14.4. The lowest BCUT2D eigenvalue weighted by atomic mass is 10.0. The zero-order chi connectivity index (χ0) is 17.6. The molecule has 0 radical (unpaired) electrons. The van der Waals surface area contributed by atoms with Crippen LogP contribution >= 0.6 is 0 Å². The van der Waals surface area contributed by atoms with E-state index in [1.165, 1.54) is 12.8 Å². The summed E-state index contributed by atoms with van der Waals surface area (Å²) in [6.45, 7) is 1.76. The average Bonchev–Trinajstić information content (AvgIpc) is 3.06. The normalized spacial score (nSPS) is 20.1. The van der Waals surface area contributed by atoms with Crippen LogP contribution in [0.4, 0.5) is 0 Å². The largest absolute Gasteiger partial charge is 0.467 e. The summed E-state index contributed by atoms with van der Waals surface area (Å²) in [5.41, 5.74) is 7.01. The van der Waals surface area contributed by atoms with Crippen LogP contribution in [0.3, 0.4) is 0 Å². The fourth-order valence-corrected chi connectivity index (χ4v) is 3.62. The van der Waals surface area contributed by atoms with Crippen molar-refractivity contribution in [2.24, 2.45) is 5.73 Å². The number of hydrogen-bond donors (Lipinski definition) is 2. The maximum Gasteiger partial charge on any atom is 0.248 e. The summed E-state index contributed by atoms with van der Waals surface area (Å²) in [6, 6.07) is 11.4. The van der Waals surface area contributed by atoms with Gasteiger partial charge in [-0.1, -0.05) is 25.0 Å². The first-order chi connectivity index (χ1) is 12.1. The van der Waals surface area contributed by atoms with Crippen molar-refractivity contribution in [3.8, 4) is 0 Å². The van der Waals surface area contributed by atoms with Gasteiger partial charge in [-0.15, -0.1) is 0 Å². The fraction of sp³-hybridized carbons (Fsp3) is 0.450. The monoisotopic (exact) mass is 342 g/mol. The third-order valence-corrected chi connectivity index (χ3v) is 4.96. The first-order valence-corrected chi connectivity index (χ1v) is 8.98. The molecular formula is C20H26N2O3. The maximum absolute atomic E-state index is 11.4. The molecule has 1 aromatic carbocycles. The van der Waals surface area contributed by atoms with Gasteiger partial charge in [0.05, 0.1) is 6.26 Å². The van der Waals surface area contributed by atoms with Crippen molar-refractivity contribution in [2.75, 3.05) is 6.54 Å². The molecule has 2 heterocycles. The summed E-state index contributed by atoms with van der Waals surface area (Å²) < 4.78 is 5.34. The third-order valence-electron chi connectivity index (χ3n) is 4.96. The molecule has 0 aliphatic carbocycles. The summed E-state index contributed by atoms with van der Waals surface area (Å²) in [6.07, 6.45) is 6.27. The third kappa shape index (κ3) is 4.71. The number of carbonyl (C=O) groups is 1. The number of furan rings is 1. The summed E-state index contributed by atoms with van der Waals surface area (Å²) in [5, 5.41) is 10.5. The van der Waals surface area contributed by atoms with E-state index in [0.29, 0.717) is 23.8 Å². The molecule has 0 saturated carbocycles. The highest BCUT2D eigenvalue weighted by Gasteiger charge is 2.25. The van der Waals surface area contributed by atoms with E-state index in [9.17, 15) is 9.90 Å². The van der Waals surface area contributed by atoms with Crippen molar-refractivity contribution < 1.29 is 14.3 Å². The molecule has 2 aromatic rings. The van der Waals surface area contributed by atoms with E-state index in [0.717, 1.165) is 31.5 Å². The lowest BCUT2D eigenvalue weighted by Gasteiger charge is -2.31. The zero-order valence-electron chi connectivity index (χ0n) is 14.4. The van der Waals surface area contributed by atoms with Gasteiger partial charge in [0, 0.05) is 18.2 Å². The molecule has 134 valence electrons. The number of aliphatic hydroxyl groups excluding tert-OH is 1. The molecule has 0 bridgehead atoms. The van der Waals surface area contributed by atoms with E-state index in [1.54, 1.807) is 18.4 Å². The Kier molecular flexibility index (Phi) is 5.89. The number of hydrogen-bond acceptors (Lipinski definition) is 4. The number of benzene rings is 1. The van der Waals surface area contributed by atoms with Crippen molar-refractivity contribution in [2.45, 2.75) is 50.8 Å². The Hall–Kier alpha value is -2.11. The van der Waals surface area contributed by atoms with E-state index in [1.807, 2.05) is 24.3 Å². The molecule has 1 saturated heterocycles. The fourth-order valence-electron chi connectivity index (χ4n) is 3.62. The van der Waals surface area contributed by atoms with Crippen LogP contribution in [-0.2, 0) is 6.54 Å². The van der Waals surface area contributed by atoms with Gasteiger partial charge in [0.1, 0.15) is 11.9 Å².